The highest BCUT2D eigenvalue weighted by Crippen LogP contribution is 2.27. The van der Waals surface area contributed by atoms with E-state index in [1.54, 1.807) is 18.3 Å². The van der Waals surface area contributed by atoms with Gasteiger partial charge in [-0.15, -0.1) is 13.2 Å². The number of nitrogens with zero attached hydrogens (tertiary/aromatic N) is 2. The zero-order valence-corrected chi connectivity index (χ0v) is 16.3. The summed E-state index contributed by atoms with van der Waals surface area (Å²) in [7, 11) is 0. The number of rotatable bonds is 4. The summed E-state index contributed by atoms with van der Waals surface area (Å²) >= 11 is 0. The first-order chi connectivity index (χ1) is 14.8. The number of hydrogen-bond donors (Lipinski definition) is 2. The van der Waals surface area contributed by atoms with E-state index in [1.807, 2.05) is 42.0 Å². The van der Waals surface area contributed by atoms with Crippen LogP contribution < -0.4 is 15.4 Å². The van der Waals surface area contributed by atoms with Crippen LogP contribution in [0.15, 0.2) is 73.1 Å². The summed E-state index contributed by atoms with van der Waals surface area (Å²) in [6.45, 7) is 1.99. The van der Waals surface area contributed by atoms with E-state index >= 15 is 0 Å². The number of ether oxygens (including phenoxy) is 1. The molecule has 0 fully saturated rings. The summed E-state index contributed by atoms with van der Waals surface area (Å²) in [5, 5.41) is 6.39. The number of hydrogen-bond acceptors (Lipinski definition) is 3. The van der Waals surface area contributed by atoms with E-state index in [0.717, 1.165) is 28.6 Å². The Morgan fingerprint density at radius 2 is 1.74 bits per heavy atom. The molecule has 2 heterocycles. The van der Waals surface area contributed by atoms with Gasteiger partial charge in [0.15, 0.2) is 5.82 Å². The number of anilines is 2. The van der Waals surface area contributed by atoms with Gasteiger partial charge >= 0.3 is 12.4 Å². The maximum absolute atomic E-state index is 12.5. The van der Waals surface area contributed by atoms with E-state index in [1.165, 1.54) is 12.1 Å². The van der Waals surface area contributed by atoms with Crippen LogP contribution in [0.25, 0.3) is 16.7 Å². The van der Waals surface area contributed by atoms with Gasteiger partial charge in [-0.3, -0.25) is 4.57 Å². The minimum absolute atomic E-state index is 0.305. The second kappa shape index (κ2) is 8.02. The molecule has 9 heteroatoms. The Bertz CT molecular complexity index is 1230. The van der Waals surface area contributed by atoms with Gasteiger partial charge in [0, 0.05) is 23.5 Å². The topological polar surface area (TPSA) is 68.2 Å². The predicted octanol–water partition coefficient (Wildman–Crippen LogP) is 5.88. The molecule has 31 heavy (non-hydrogen) atoms. The van der Waals surface area contributed by atoms with Gasteiger partial charge < -0.3 is 15.4 Å². The van der Waals surface area contributed by atoms with Gasteiger partial charge in [0.25, 0.3) is 0 Å². The summed E-state index contributed by atoms with van der Waals surface area (Å²) in [4.78, 5) is 16.9. The van der Waals surface area contributed by atoms with E-state index in [0.29, 0.717) is 17.2 Å². The number of benzene rings is 2. The fraction of sp³-hybridized carbons (Fsp3) is 0.0909. The number of aromatic nitrogens is 2. The minimum atomic E-state index is -4.77. The molecule has 0 atom stereocenters. The van der Waals surface area contributed by atoms with Crippen LogP contribution in [0, 0.1) is 6.92 Å². The van der Waals surface area contributed by atoms with Crippen molar-refractivity contribution in [3.63, 3.8) is 0 Å². The molecule has 0 aliphatic carbocycles. The Balaban J connectivity index is 1.53. The van der Waals surface area contributed by atoms with Crippen molar-refractivity contribution >= 4 is 28.3 Å². The van der Waals surface area contributed by atoms with E-state index in [-0.39, 0.29) is 5.75 Å². The number of halogens is 3. The standard InChI is InChI=1S/C22H17F3N4O2/c1-14-13-29(19-7-3-2-5-17(14)19)20-18(6-4-12-26-20)28-21(30)27-15-8-10-16(11-9-15)31-22(23,24)25/h2-13H,1H3,(H2,27,28,30). The number of aryl methyl sites for hydroxylation is 1. The van der Waals surface area contributed by atoms with Gasteiger partial charge in [0.2, 0.25) is 0 Å². The van der Waals surface area contributed by atoms with Crippen molar-refractivity contribution in [3.05, 3.63) is 78.6 Å². The SMILES string of the molecule is Cc1cn(-c2ncccc2NC(=O)Nc2ccc(OC(F)(F)F)cc2)c2ccccc12. The van der Waals surface area contributed by atoms with Gasteiger partial charge in [-0.25, -0.2) is 9.78 Å². The highest BCUT2D eigenvalue weighted by atomic mass is 19.4. The largest absolute Gasteiger partial charge is 0.573 e. The zero-order chi connectivity index (χ0) is 22.0. The van der Waals surface area contributed by atoms with Crippen molar-refractivity contribution in [1.82, 2.24) is 9.55 Å². The van der Waals surface area contributed by atoms with Crippen molar-refractivity contribution in [3.8, 4) is 11.6 Å². The monoisotopic (exact) mass is 426 g/mol. The zero-order valence-electron chi connectivity index (χ0n) is 16.3. The summed E-state index contributed by atoms with van der Waals surface area (Å²) in [5.74, 6) is 0.165. The molecule has 2 aromatic carbocycles. The van der Waals surface area contributed by atoms with Crippen LogP contribution >= 0.6 is 0 Å². The molecule has 0 radical (unpaired) electrons. The fourth-order valence-corrected chi connectivity index (χ4v) is 3.24. The second-order valence-electron chi connectivity index (χ2n) is 6.73. The molecular formula is C22H17F3N4O2. The Morgan fingerprint density at radius 1 is 1.00 bits per heavy atom. The Hall–Kier alpha value is -4.01. The fourth-order valence-electron chi connectivity index (χ4n) is 3.24. The van der Waals surface area contributed by atoms with Crippen molar-refractivity contribution in [1.29, 1.82) is 0 Å². The predicted molar refractivity (Wildman–Crippen MR) is 112 cm³/mol. The van der Waals surface area contributed by atoms with Crippen LogP contribution in [0.1, 0.15) is 5.56 Å². The first-order valence-electron chi connectivity index (χ1n) is 9.26. The van der Waals surface area contributed by atoms with Crippen LogP contribution in [-0.2, 0) is 0 Å². The Labute approximate surface area is 175 Å². The van der Waals surface area contributed by atoms with Crippen molar-refractivity contribution in [2.24, 2.45) is 0 Å². The molecule has 4 aromatic rings. The van der Waals surface area contributed by atoms with E-state index in [2.05, 4.69) is 20.4 Å². The number of para-hydroxylation sites is 1. The molecular weight excluding hydrogens is 409 g/mol. The third-order valence-corrected chi connectivity index (χ3v) is 4.52. The van der Waals surface area contributed by atoms with E-state index in [9.17, 15) is 18.0 Å². The smallest absolute Gasteiger partial charge is 0.406 e. The maximum atomic E-state index is 12.5. The molecule has 0 saturated heterocycles. The Kier molecular flexibility index (Phi) is 5.24. The summed E-state index contributed by atoms with van der Waals surface area (Å²) in [5.41, 5.74) is 2.79. The second-order valence-corrected chi connectivity index (χ2v) is 6.73. The van der Waals surface area contributed by atoms with Crippen molar-refractivity contribution < 1.29 is 22.7 Å². The van der Waals surface area contributed by atoms with Crippen LogP contribution in [0.3, 0.4) is 0 Å². The number of carbonyl (C=O) groups is 1. The van der Waals surface area contributed by atoms with E-state index < -0.39 is 12.4 Å². The molecule has 2 N–H and O–H groups in total. The van der Waals surface area contributed by atoms with E-state index in [4.69, 9.17) is 0 Å². The molecule has 2 amide bonds. The lowest BCUT2D eigenvalue weighted by Crippen LogP contribution is -2.21. The summed E-state index contributed by atoms with van der Waals surface area (Å²) < 4.78 is 42.5. The molecule has 0 unspecified atom stereocenters. The molecule has 0 saturated carbocycles. The highest BCUT2D eigenvalue weighted by molar-refractivity contribution is 6.01. The summed E-state index contributed by atoms with van der Waals surface area (Å²) in [6, 6.07) is 15.6. The van der Waals surface area contributed by atoms with Gasteiger partial charge in [-0.05, 0) is 55.0 Å². The number of pyridine rings is 1. The van der Waals surface area contributed by atoms with Gasteiger partial charge in [-0.1, -0.05) is 18.2 Å². The average Bonchev–Trinajstić information content (AvgIpc) is 3.06. The van der Waals surface area contributed by atoms with Gasteiger partial charge in [-0.2, -0.15) is 0 Å². The molecule has 158 valence electrons. The van der Waals surface area contributed by atoms with Crippen LogP contribution in [0.2, 0.25) is 0 Å². The highest BCUT2D eigenvalue weighted by Gasteiger charge is 2.31. The lowest BCUT2D eigenvalue weighted by molar-refractivity contribution is -0.274. The molecule has 0 aliphatic rings. The van der Waals surface area contributed by atoms with Crippen molar-refractivity contribution in [2.45, 2.75) is 13.3 Å². The molecule has 0 bridgehead atoms. The average molecular weight is 426 g/mol. The number of carbonyl (C=O) groups excluding carboxylic acids is 1. The third-order valence-electron chi connectivity index (χ3n) is 4.52. The molecule has 0 aliphatic heterocycles. The van der Waals surface area contributed by atoms with Gasteiger partial charge in [0.1, 0.15) is 5.75 Å². The number of alkyl halides is 3. The summed E-state index contributed by atoms with van der Waals surface area (Å²) in [6.07, 6.45) is -1.21. The number of fused-ring (bicyclic) bond motifs is 1. The lowest BCUT2D eigenvalue weighted by Gasteiger charge is -2.13. The molecule has 0 spiro atoms. The quantitative estimate of drug-likeness (QED) is 0.428. The van der Waals surface area contributed by atoms with Crippen LogP contribution in [-0.4, -0.2) is 21.9 Å². The third kappa shape index (κ3) is 4.61. The first-order valence-corrected chi connectivity index (χ1v) is 9.26. The minimum Gasteiger partial charge on any atom is -0.406 e. The molecule has 2 aromatic heterocycles. The molecule has 4 rings (SSSR count). The van der Waals surface area contributed by atoms with Crippen LogP contribution in [0.4, 0.5) is 29.3 Å². The first kappa shape index (κ1) is 20.3. The Morgan fingerprint density at radius 3 is 2.48 bits per heavy atom. The maximum Gasteiger partial charge on any atom is 0.573 e. The lowest BCUT2D eigenvalue weighted by atomic mass is 10.2. The number of urea groups is 1. The van der Waals surface area contributed by atoms with Crippen molar-refractivity contribution in [2.75, 3.05) is 10.6 Å². The van der Waals surface area contributed by atoms with Crippen LogP contribution in [0.5, 0.6) is 5.75 Å². The normalized spacial score (nSPS) is 11.4. The number of nitrogens with one attached hydrogen (secondary N) is 2. The molecule has 6 nitrogen and oxygen atoms in total. The van der Waals surface area contributed by atoms with Gasteiger partial charge in [0.05, 0.1) is 11.2 Å². The number of amides is 2.